The maximum Gasteiger partial charge on any atom is 0.243 e. The average Bonchev–Trinajstić information content (AvgIpc) is 2.06. The average molecular weight is 158 g/mol. The SMILES string of the molecule is O=C(C[C@@H]1CCCNC1)NO. The number of hydrogen-bond acceptors (Lipinski definition) is 3. The van der Waals surface area contributed by atoms with Gasteiger partial charge in [0.05, 0.1) is 0 Å². The zero-order chi connectivity index (χ0) is 8.10. The van der Waals surface area contributed by atoms with Gasteiger partial charge in [-0.05, 0) is 31.8 Å². The first-order chi connectivity index (χ1) is 5.33. The quantitative estimate of drug-likeness (QED) is 0.388. The maximum absolute atomic E-state index is 10.7. The third-order valence-electron chi connectivity index (χ3n) is 2.00. The van der Waals surface area contributed by atoms with Crippen LogP contribution in [0.4, 0.5) is 0 Å². The van der Waals surface area contributed by atoms with Crippen LogP contribution in [0, 0.1) is 5.92 Å². The van der Waals surface area contributed by atoms with Crippen molar-refractivity contribution in [2.75, 3.05) is 13.1 Å². The summed E-state index contributed by atoms with van der Waals surface area (Å²) in [7, 11) is 0. The van der Waals surface area contributed by atoms with Crippen molar-refractivity contribution >= 4 is 5.91 Å². The molecule has 1 aliphatic heterocycles. The lowest BCUT2D eigenvalue weighted by Gasteiger charge is -2.21. The summed E-state index contributed by atoms with van der Waals surface area (Å²) in [6.45, 7) is 1.95. The number of carbonyl (C=O) groups is 1. The summed E-state index contributed by atoms with van der Waals surface area (Å²) in [6, 6.07) is 0. The lowest BCUT2D eigenvalue weighted by Crippen LogP contribution is -2.33. The van der Waals surface area contributed by atoms with E-state index in [4.69, 9.17) is 5.21 Å². The third kappa shape index (κ3) is 2.86. The zero-order valence-corrected chi connectivity index (χ0v) is 6.47. The summed E-state index contributed by atoms with van der Waals surface area (Å²) in [6.07, 6.45) is 2.65. The van der Waals surface area contributed by atoms with E-state index in [0.29, 0.717) is 12.3 Å². The van der Waals surface area contributed by atoms with E-state index in [9.17, 15) is 4.79 Å². The van der Waals surface area contributed by atoms with Gasteiger partial charge in [0, 0.05) is 6.42 Å². The number of nitrogens with one attached hydrogen (secondary N) is 2. The fraction of sp³-hybridized carbons (Fsp3) is 0.857. The molecular formula is C7H14N2O2. The molecule has 3 N–H and O–H groups in total. The van der Waals surface area contributed by atoms with Crippen LogP contribution < -0.4 is 10.8 Å². The van der Waals surface area contributed by atoms with Crippen LogP contribution in [0.5, 0.6) is 0 Å². The van der Waals surface area contributed by atoms with Crippen molar-refractivity contribution in [3.05, 3.63) is 0 Å². The van der Waals surface area contributed by atoms with Gasteiger partial charge in [-0.15, -0.1) is 0 Å². The van der Waals surface area contributed by atoms with Crippen LogP contribution in [0.3, 0.4) is 0 Å². The minimum atomic E-state index is -0.279. The lowest BCUT2D eigenvalue weighted by molar-refractivity contribution is -0.130. The van der Waals surface area contributed by atoms with Crippen molar-refractivity contribution in [2.24, 2.45) is 5.92 Å². The molecule has 64 valence electrons. The third-order valence-corrected chi connectivity index (χ3v) is 2.00. The van der Waals surface area contributed by atoms with E-state index in [0.717, 1.165) is 25.9 Å². The van der Waals surface area contributed by atoms with Gasteiger partial charge in [-0.1, -0.05) is 0 Å². The predicted octanol–water partition coefficient (Wildman–Crippen LogP) is -0.119. The van der Waals surface area contributed by atoms with Gasteiger partial charge in [0.1, 0.15) is 0 Å². The van der Waals surface area contributed by atoms with E-state index in [-0.39, 0.29) is 5.91 Å². The second kappa shape index (κ2) is 4.31. The highest BCUT2D eigenvalue weighted by Crippen LogP contribution is 2.13. The molecule has 1 saturated heterocycles. The molecule has 0 aromatic carbocycles. The molecule has 0 radical (unpaired) electrons. The maximum atomic E-state index is 10.7. The van der Waals surface area contributed by atoms with Crippen LogP contribution in [0.1, 0.15) is 19.3 Å². The van der Waals surface area contributed by atoms with Crippen molar-refractivity contribution < 1.29 is 10.0 Å². The molecule has 0 saturated carbocycles. The van der Waals surface area contributed by atoms with E-state index < -0.39 is 0 Å². The van der Waals surface area contributed by atoms with Gasteiger partial charge in [-0.25, -0.2) is 5.48 Å². The Kier molecular flexibility index (Phi) is 3.32. The topological polar surface area (TPSA) is 61.4 Å². The summed E-state index contributed by atoms with van der Waals surface area (Å²) >= 11 is 0. The zero-order valence-electron chi connectivity index (χ0n) is 6.47. The first-order valence-electron chi connectivity index (χ1n) is 3.96. The minimum absolute atomic E-state index is 0.279. The van der Waals surface area contributed by atoms with E-state index in [2.05, 4.69) is 5.32 Å². The summed E-state index contributed by atoms with van der Waals surface area (Å²) < 4.78 is 0. The van der Waals surface area contributed by atoms with Gasteiger partial charge in [0.25, 0.3) is 0 Å². The molecule has 0 aliphatic carbocycles. The lowest BCUT2D eigenvalue weighted by atomic mass is 9.96. The standard InChI is InChI=1S/C7H14N2O2/c10-7(9-11)4-6-2-1-3-8-5-6/h6,8,11H,1-5H2,(H,9,10)/t6-/m0/s1. The molecule has 11 heavy (non-hydrogen) atoms. The largest absolute Gasteiger partial charge is 0.316 e. The summed E-state index contributed by atoms with van der Waals surface area (Å²) in [5.74, 6) is 0.120. The van der Waals surface area contributed by atoms with E-state index in [1.165, 1.54) is 0 Å². The number of hydroxylamine groups is 1. The number of carbonyl (C=O) groups excluding carboxylic acids is 1. The van der Waals surface area contributed by atoms with Crippen molar-refractivity contribution in [1.82, 2.24) is 10.8 Å². The molecule has 4 heteroatoms. The Balaban J connectivity index is 2.19. The Morgan fingerprint density at radius 2 is 2.55 bits per heavy atom. The normalized spacial score (nSPS) is 24.6. The molecule has 1 heterocycles. The van der Waals surface area contributed by atoms with Crippen molar-refractivity contribution in [3.63, 3.8) is 0 Å². The van der Waals surface area contributed by atoms with Gasteiger partial charge in [0.15, 0.2) is 0 Å². The smallest absolute Gasteiger partial charge is 0.243 e. The molecular weight excluding hydrogens is 144 g/mol. The molecule has 1 rings (SSSR count). The molecule has 0 aromatic rings. The Bertz CT molecular complexity index is 132. The minimum Gasteiger partial charge on any atom is -0.316 e. The highest BCUT2D eigenvalue weighted by molar-refractivity contribution is 5.74. The molecule has 1 amide bonds. The number of piperidine rings is 1. The second-order valence-corrected chi connectivity index (χ2v) is 2.95. The first-order valence-corrected chi connectivity index (χ1v) is 3.96. The van der Waals surface area contributed by atoms with Crippen molar-refractivity contribution in [2.45, 2.75) is 19.3 Å². The molecule has 4 nitrogen and oxygen atoms in total. The van der Waals surface area contributed by atoms with Crippen LogP contribution in [-0.2, 0) is 4.79 Å². The Hall–Kier alpha value is -0.610. The molecule has 0 spiro atoms. The Labute approximate surface area is 65.9 Å². The molecule has 1 aliphatic rings. The van der Waals surface area contributed by atoms with Gasteiger partial charge in [-0.3, -0.25) is 10.0 Å². The van der Waals surface area contributed by atoms with Crippen molar-refractivity contribution in [3.8, 4) is 0 Å². The summed E-state index contributed by atoms with van der Waals surface area (Å²) in [5.41, 5.74) is 1.65. The van der Waals surface area contributed by atoms with Gasteiger partial charge in [-0.2, -0.15) is 0 Å². The van der Waals surface area contributed by atoms with E-state index in [1.54, 1.807) is 5.48 Å². The fourth-order valence-electron chi connectivity index (χ4n) is 1.41. The molecule has 0 unspecified atom stereocenters. The first kappa shape index (κ1) is 8.49. The highest BCUT2D eigenvalue weighted by Gasteiger charge is 2.15. The van der Waals surface area contributed by atoms with Crippen molar-refractivity contribution in [1.29, 1.82) is 0 Å². The van der Waals surface area contributed by atoms with E-state index in [1.807, 2.05) is 0 Å². The van der Waals surface area contributed by atoms with E-state index >= 15 is 0 Å². The Morgan fingerprint density at radius 3 is 3.09 bits per heavy atom. The molecule has 0 bridgehead atoms. The van der Waals surface area contributed by atoms with Crippen LogP contribution in [-0.4, -0.2) is 24.2 Å². The summed E-state index contributed by atoms with van der Waals surface area (Å²) in [5, 5.41) is 11.4. The number of amides is 1. The van der Waals surface area contributed by atoms with Crippen LogP contribution in [0.15, 0.2) is 0 Å². The van der Waals surface area contributed by atoms with Gasteiger partial charge in [0.2, 0.25) is 5.91 Å². The number of hydrogen-bond donors (Lipinski definition) is 3. The summed E-state index contributed by atoms with van der Waals surface area (Å²) in [4.78, 5) is 10.7. The highest BCUT2D eigenvalue weighted by atomic mass is 16.5. The monoisotopic (exact) mass is 158 g/mol. The predicted molar refractivity (Wildman–Crippen MR) is 40.1 cm³/mol. The molecule has 1 fully saturated rings. The van der Waals surface area contributed by atoms with Crippen LogP contribution in [0.2, 0.25) is 0 Å². The second-order valence-electron chi connectivity index (χ2n) is 2.95. The Morgan fingerprint density at radius 1 is 1.73 bits per heavy atom. The van der Waals surface area contributed by atoms with Gasteiger partial charge >= 0.3 is 0 Å². The van der Waals surface area contributed by atoms with Gasteiger partial charge < -0.3 is 5.32 Å². The number of rotatable bonds is 2. The molecule has 1 atom stereocenters. The fourth-order valence-corrected chi connectivity index (χ4v) is 1.41. The van der Waals surface area contributed by atoms with Crippen LogP contribution in [0.25, 0.3) is 0 Å². The van der Waals surface area contributed by atoms with Crippen LogP contribution >= 0.6 is 0 Å². The molecule has 0 aromatic heterocycles.